The highest BCUT2D eigenvalue weighted by molar-refractivity contribution is 5.92. The Labute approximate surface area is 124 Å². The van der Waals surface area contributed by atoms with Crippen molar-refractivity contribution in [3.8, 4) is 11.3 Å². The number of nitrogens with zero attached hydrogens (tertiary/aromatic N) is 1. The van der Waals surface area contributed by atoms with E-state index in [4.69, 9.17) is 9.63 Å². The molecule has 22 heavy (non-hydrogen) atoms. The van der Waals surface area contributed by atoms with Gasteiger partial charge in [0.2, 0.25) is 5.76 Å². The van der Waals surface area contributed by atoms with E-state index < -0.39 is 17.8 Å². The summed E-state index contributed by atoms with van der Waals surface area (Å²) >= 11 is 0. The maximum absolute atomic E-state index is 12.9. The molecule has 1 amide bonds. The summed E-state index contributed by atoms with van der Waals surface area (Å²) in [4.78, 5) is 22.7. The summed E-state index contributed by atoms with van der Waals surface area (Å²) in [6, 6.07) is 6.98. The van der Waals surface area contributed by atoms with Crippen LogP contribution in [0.1, 0.15) is 23.4 Å². The van der Waals surface area contributed by atoms with Crippen LogP contribution in [0.4, 0.5) is 4.39 Å². The van der Waals surface area contributed by atoms with E-state index in [1.807, 2.05) is 0 Å². The summed E-state index contributed by atoms with van der Waals surface area (Å²) in [6.45, 7) is 0. The number of hydrogen-bond acceptors (Lipinski definition) is 4. The van der Waals surface area contributed by atoms with Crippen LogP contribution in [0, 0.1) is 11.7 Å². The van der Waals surface area contributed by atoms with Crippen LogP contribution in [0.25, 0.3) is 11.3 Å². The number of aromatic nitrogens is 1. The lowest BCUT2D eigenvalue weighted by atomic mass is 9.80. The minimum Gasteiger partial charge on any atom is -0.481 e. The topological polar surface area (TPSA) is 92.4 Å². The number of carbonyl (C=O) groups is 2. The van der Waals surface area contributed by atoms with Crippen molar-refractivity contribution in [1.29, 1.82) is 0 Å². The largest absolute Gasteiger partial charge is 0.481 e. The molecule has 0 aliphatic heterocycles. The molecule has 0 radical (unpaired) electrons. The molecular formula is C15H13FN2O4. The first kappa shape index (κ1) is 14.2. The van der Waals surface area contributed by atoms with Crippen LogP contribution in [0.5, 0.6) is 0 Å². The molecule has 3 rings (SSSR count). The first-order valence-corrected chi connectivity index (χ1v) is 6.79. The van der Waals surface area contributed by atoms with Crippen LogP contribution in [0.2, 0.25) is 0 Å². The molecule has 1 aromatic carbocycles. The highest BCUT2D eigenvalue weighted by Crippen LogP contribution is 2.28. The lowest BCUT2D eigenvalue weighted by Crippen LogP contribution is -2.46. The number of carboxylic acid groups (broad SMARTS) is 1. The van der Waals surface area contributed by atoms with E-state index in [0.29, 0.717) is 24.1 Å². The molecule has 2 aromatic rings. The second-order valence-electron chi connectivity index (χ2n) is 5.26. The molecule has 0 unspecified atom stereocenters. The van der Waals surface area contributed by atoms with Crippen molar-refractivity contribution in [3.63, 3.8) is 0 Å². The zero-order valence-electron chi connectivity index (χ0n) is 11.5. The Bertz CT molecular complexity index is 705. The molecule has 0 bridgehead atoms. The lowest BCUT2D eigenvalue weighted by molar-refractivity contribution is -0.145. The van der Waals surface area contributed by atoms with Gasteiger partial charge in [-0.3, -0.25) is 9.59 Å². The number of halogens is 1. The molecule has 1 aromatic heterocycles. The molecule has 2 N–H and O–H groups in total. The van der Waals surface area contributed by atoms with Crippen molar-refractivity contribution in [1.82, 2.24) is 10.5 Å². The molecule has 1 fully saturated rings. The van der Waals surface area contributed by atoms with E-state index in [0.717, 1.165) is 0 Å². The number of aliphatic carboxylic acids is 1. The van der Waals surface area contributed by atoms with Gasteiger partial charge in [-0.25, -0.2) is 4.39 Å². The Morgan fingerprint density at radius 2 is 1.95 bits per heavy atom. The first-order valence-electron chi connectivity index (χ1n) is 6.79. The van der Waals surface area contributed by atoms with E-state index >= 15 is 0 Å². The Morgan fingerprint density at radius 3 is 2.59 bits per heavy atom. The maximum atomic E-state index is 12.9. The maximum Gasteiger partial charge on any atom is 0.306 e. The summed E-state index contributed by atoms with van der Waals surface area (Å²) < 4.78 is 17.8. The summed E-state index contributed by atoms with van der Waals surface area (Å²) in [5, 5.41) is 15.3. The predicted octanol–water partition coefficient (Wildman–Crippen LogP) is 2.07. The number of benzene rings is 1. The Balaban J connectivity index is 1.63. The van der Waals surface area contributed by atoms with Crippen LogP contribution >= 0.6 is 0 Å². The normalized spacial score (nSPS) is 20.2. The second-order valence-corrected chi connectivity index (χ2v) is 5.26. The van der Waals surface area contributed by atoms with Crippen LogP contribution in [0.15, 0.2) is 34.9 Å². The number of carboxylic acids is 1. The van der Waals surface area contributed by atoms with E-state index in [1.165, 1.54) is 30.3 Å². The monoisotopic (exact) mass is 304 g/mol. The highest BCUT2D eigenvalue weighted by atomic mass is 19.1. The SMILES string of the molecule is O=C(NC1CC(C(=O)O)C1)c1cc(-c2ccc(F)cc2)no1. The first-order chi connectivity index (χ1) is 10.5. The third kappa shape index (κ3) is 2.83. The number of hydrogen-bond donors (Lipinski definition) is 2. The molecule has 1 saturated carbocycles. The number of rotatable bonds is 4. The standard InChI is InChI=1S/C15H13FN2O4/c16-10-3-1-8(2-4-10)12-7-13(22-18-12)14(19)17-11-5-9(6-11)15(20)21/h1-4,7,9,11H,5-6H2,(H,17,19)(H,20,21). The predicted molar refractivity (Wildman–Crippen MR) is 73.5 cm³/mol. The van der Waals surface area contributed by atoms with Crippen LogP contribution in [-0.4, -0.2) is 28.2 Å². The van der Waals surface area contributed by atoms with Crippen LogP contribution in [-0.2, 0) is 4.79 Å². The van der Waals surface area contributed by atoms with Gasteiger partial charge in [-0.15, -0.1) is 0 Å². The van der Waals surface area contributed by atoms with E-state index in [1.54, 1.807) is 0 Å². The minimum absolute atomic E-state index is 0.0399. The van der Waals surface area contributed by atoms with Crippen molar-refractivity contribution in [2.24, 2.45) is 5.92 Å². The quantitative estimate of drug-likeness (QED) is 0.902. The third-order valence-corrected chi connectivity index (χ3v) is 3.70. The Morgan fingerprint density at radius 1 is 1.27 bits per heavy atom. The van der Waals surface area contributed by atoms with Crippen LogP contribution in [0.3, 0.4) is 0 Å². The zero-order chi connectivity index (χ0) is 15.7. The summed E-state index contributed by atoms with van der Waals surface area (Å²) in [7, 11) is 0. The van der Waals surface area contributed by atoms with Gasteiger partial charge in [-0.05, 0) is 37.1 Å². The average molecular weight is 304 g/mol. The van der Waals surface area contributed by atoms with E-state index in [9.17, 15) is 14.0 Å². The molecule has 6 nitrogen and oxygen atoms in total. The fourth-order valence-corrected chi connectivity index (χ4v) is 2.33. The number of amides is 1. The van der Waals surface area contributed by atoms with Gasteiger partial charge in [0.1, 0.15) is 11.5 Å². The van der Waals surface area contributed by atoms with Crippen molar-refractivity contribution < 1.29 is 23.6 Å². The zero-order valence-corrected chi connectivity index (χ0v) is 11.5. The van der Waals surface area contributed by atoms with Gasteiger partial charge in [0.05, 0.1) is 5.92 Å². The fraction of sp³-hybridized carbons (Fsp3) is 0.267. The number of carbonyl (C=O) groups excluding carboxylic acids is 1. The second kappa shape index (κ2) is 5.59. The van der Waals surface area contributed by atoms with Gasteiger partial charge >= 0.3 is 5.97 Å². The minimum atomic E-state index is -0.844. The summed E-state index contributed by atoms with van der Waals surface area (Å²) in [5.74, 6) is -1.99. The molecule has 0 saturated heterocycles. The molecule has 1 heterocycles. The summed E-state index contributed by atoms with van der Waals surface area (Å²) in [5.41, 5.74) is 1.07. The third-order valence-electron chi connectivity index (χ3n) is 3.70. The highest BCUT2D eigenvalue weighted by Gasteiger charge is 2.35. The lowest BCUT2D eigenvalue weighted by Gasteiger charge is -2.32. The molecule has 7 heteroatoms. The van der Waals surface area contributed by atoms with E-state index in [-0.39, 0.29) is 17.6 Å². The van der Waals surface area contributed by atoms with Crippen molar-refractivity contribution in [3.05, 3.63) is 41.9 Å². The smallest absolute Gasteiger partial charge is 0.306 e. The van der Waals surface area contributed by atoms with Gasteiger partial charge in [0.15, 0.2) is 0 Å². The van der Waals surface area contributed by atoms with Crippen molar-refractivity contribution >= 4 is 11.9 Å². The van der Waals surface area contributed by atoms with Crippen LogP contribution < -0.4 is 5.32 Å². The molecule has 1 aliphatic carbocycles. The van der Waals surface area contributed by atoms with Gasteiger partial charge in [0.25, 0.3) is 5.91 Å². The van der Waals surface area contributed by atoms with E-state index in [2.05, 4.69) is 10.5 Å². The molecule has 0 spiro atoms. The molecule has 1 aliphatic rings. The van der Waals surface area contributed by atoms with Gasteiger partial charge in [-0.2, -0.15) is 0 Å². The molecular weight excluding hydrogens is 291 g/mol. The average Bonchev–Trinajstić information content (AvgIpc) is 2.92. The van der Waals surface area contributed by atoms with Gasteiger partial charge in [0, 0.05) is 17.7 Å². The van der Waals surface area contributed by atoms with Gasteiger partial charge in [-0.1, -0.05) is 5.16 Å². The number of nitrogens with one attached hydrogen (secondary N) is 1. The Kier molecular flexibility index (Phi) is 3.62. The molecule has 0 atom stereocenters. The fourth-order valence-electron chi connectivity index (χ4n) is 2.33. The Hall–Kier alpha value is -2.70. The van der Waals surface area contributed by atoms with Crippen molar-refractivity contribution in [2.45, 2.75) is 18.9 Å². The van der Waals surface area contributed by atoms with Gasteiger partial charge < -0.3 is 14.9 Å². The van der Waals surface area contributed by atoms with Crippen molar-refractivity contribution in [2.75, 3.05) is 0 Å². The molecule has 114 valence electrons. The summed E-state index contributed by atoms with van der Waals surface area (Å²) in [6.07, 6.45) is 0.833.